The van der Waals surface area contributed by atoms with E-state index in [9.17, 15) is 4.79 Å². The van der Waals surface area contributed by atoms with Crippen molar-refractivity contribution in [3.63, 3.8) is 0 Å². The van der Waals surface area contributed by atoms with Crippen molar-refractivity contribution < 1.29 is 19.0 Å². The van der Waals surface area contributed by atoms with Crippen LogP contribution in [0.3, 0.4) is 0 Å². The Morgan fingerprint density at radius 1 is 1.13 bits per heavy atom. The van der Waals surface area contributed by atoms with Crippen molar-refractivity contribution in [2.45, 2.75) is 0 Å². The van der Waals surface area contributed by atoms with Crippen molar-refractivity contribution in [1.82, 2.24) is 9.97 Å². The number of aromatic nitrogens is 2. The number of nitrogen functional groups attached to an aromatic ring is 1. The molecule has 0 saturated carbocycles. The van der Waals surface area contributed by atoms with E-state index >= 15 is 0 Å². The quantitative estimate of drug-likeness (QED) is 0.193. The summed E-state index contributed by atoms with van der Waals surface area (Å²) < 4.78 is 15.9. The number of ether oxygens (including phenoxy) is 3. The van der Waals surface area contributed by atoms with Gasteiger partial charge in [-0.3, -0.25) is 5.43 Å². The minimum Gasteiger partial charge on any atom is -0.497 e. The highest BCUT2D eigenvalue weighted by molar-refractivity contribution is 6.32. The predicted octanol–water partition coefficient (Wildman–Crippen LogP) is 3.39. The van der Waals surface area contributed by atoms with E-state index in [2.05, 4.69) is 20.5 Å². The third-order valence-electron chi connectivity index (χ3n) is 3.92. The molecule has 3 N–H and O–H groups in total. The largest absolute Gasteiger partial charge is 0.497 e. The number of rotatable bonds is 7. The summed E-state index contributed by atoms with van der Waals surface area (Å²) in [5, 5.41) is 4.20. The zero-order valence-electron chi connectivity index (χ0n) is 16.1. The number of nitrogens with one attached hydrogen (secondary N) is 1. The molecule has 2 aromatic carbocycles. The van der Waals surface area contributed by atoms with Crippen LogP contribution >= 0.6 is 11.6 Å². The number of methoxy groups -OCH3 is 2. The minimum absolute atomic E-state index is 0.131. The Kier molecular flexibility index (Phi) is 6.66. The van der Waals surface area contributed by atoms with E-state index in [4.69, 9.17) is 31.5 Å². The van der Waals surface area contributed by atoms with Crippen molar-refractivity contribution in [1.29, 1.82) is 0 Å². The number of benzene rings is 2. The number of nitrogens with two attached hydrogens (primary N) is 1. The fourth-order valence-corrected chi connectivity index (χ4v) is 2.52. The molecule has 0 fully saturated rings. The maximum absolute atomic E-state index is 12.4. The second kappa shape index (κ2) is 9.57. The molecule has 0 aliphatic carbocycles. The average molecular weight is 428 g/mol. The fraction of sp³-hybridized carbons (Fsp3) is 0.100. The van der Waals surface area contributed by atoms with E-state index in [1.165, 1.54) is 26.8 Å². The van der Waals surface area contributed by atoms with Crippen molar-refractivity contribution in [2.75, 3.05) is 25.4 Å². The van der Waals surface area contributed by atoms with Crippen LogP contribution in [0.15, 0.2) is 53.9 Å². The van der Waals surface area contributed by atoms with Gasteiger partial charge in [-0.2, -0.15) is 5.10 Å². The predicted molar refractivity (Wildman–Crippen MR) is 114 cm³/mol. The molecule has 0 spiro atoms. The lowest BCUT2D eigenvalue weighted by atomic mass is 10.2. The Balaban J connectivity index is 1.72. The first-order chi connectivity index (χ1) is 14.5. The monoisotopic (exact) mass is 427 g/mol. The van der Waals surface area contributed by atoms with E-state index in [1.807, 2.05) is 0 Å². The van der Waals surface area contributed by atoms with Gasteiger partial charge in [0.15, 0.2) is 22.5 Å². The first-order valence-electron chi connectivity index (χ1n) is 8.61. The van der Waals surface area contributed by atoms with Crippen molar-refractivity contribution in [3.05, 3.63) is 65.1 Å². The summed E-state index contributed by atoms with van der Waals surface area (Å²) in [5.41, 5.74) is 9.68. The number of anilines is 2. The summed E-state index contributed by atoms with van der Waals surface area (Å²) in [7, 11) is 3.00. The van der Waals surface area contributed by atoms with Gasteiger partial charge < -0.3 is 19.9 Å². The Morgan fingerprint density at radius 2 is 1.97 bits per heavy atom. The highest BCUT2D eigenvalue weighted by Gasteiger charge is 2.13. The first kappa shape index (κ1) is 20.9. The number of esters is 1. The van der Waals surface area contributed by atoms with Crippen molar-refractivity contribution in [2.24, 2.45) is 5.10 Å². The van der Waals surface area contributed by atoms with Crippen molar-refractivity contribution in [3.8, 4) is 17.2 Å². The molecule has 10 heteroatoms. The van der Waals surface area contributed by atoms with Crippen LogP contribution < -0.4 is 25.4 Å². The van der Waals surface area contributed by atoms with E-state index in [0.29, 0.717) is 22.6 Å². The maximum Gasteiger partial charge on any atom is 0.343 e. The van der Waals surface area contributed by atoms with Gasteiger partial charge in [-0.15, -0.1) is 0 Å². The Labute approximate surface area is 177 Å². The molecule has 0 bridgehead atoms. The summed E-state index contributed by atoms with van der Waals surface area (Å²) in [5.74, 6) is 0.927. The second-order valence-electron chi connectivity index (χ2n) is 5.83. The molecule has 3 rings (SSSR count). The summed E-state index contributed by atoms with van der Waals surface area (Å²) >= 11 is 5.84. The van der Waals surface area contributed by atoms with Crippen LogP contribution in [0.2, 0.25) is 5.15 Å². The van der Waals surface area contributed by atoms with E-state index in [1.54, 1.807) is 42.5 Å². The summed E-state index contributed by atoms with van der Waals surface area (Å²) in [6.45, 7) is 0. The molecular weight excluding hydrogens is 410 g/mol. The van der Waals surface area contributed by atoms with Gasteiger partial charge in [0.25, 0.3) is 0 Å². The molecule has 0 aliphatic rings. The molecule has 0 atom stereocenters. The highest BCUT2D eigenvalue weighted by atomic mass is 35.5. The molecule has 1 heterocycles. The zero-order chi connectivity index (χ0) is 21.5. The maximum atomic E-state index is 12.4. The molecule has 3 aromatic rings. The number of nitrogens with zero attached hydrogens (tertiary/aromatic N) is 3. The van der Waals surface area contributed by atoms with Gasteiger partial charge in [-0.05, 0) is 42.0 Å². The molecule has 30 heavy (non-hydrogen) atoms. The van der Waals surface area contributed by atoms with Crippen LogP contribution in [-0.2, 0) is 0 Å². The molecule has 154 valence electrons. The smallest absolute Gasteiger partial charge is 0.343 e. The molecule has 1 aromatic heterocycles. The topological polar surface area (TPSA) is 121 Å². The van der Waals surface area contributed by atoms with Gasteiger partial charge in [0, 0.05) is 0 Å². The second-order valence-corrected chi connectivity index (χ2v) is 6.19. The summed E-state index contributed by atoms with van der Waals surface area (Å²) in [6, 6.07) is 11.6. The van der Waals surface area contributed by atoms with Gasteiger partial charge in [0.1, 0.15) is 17.8 Å². The minimum atomic E-state index is -0.536. The van der Waals surface area contributed by atoms with Crippen LogP contribution in [0.1, 0.15) is 15.9 Å². The van der Waals surface area contributed by atoms with Gasteiger partial charge >= 0.3 is 5.97 Å². The van der Waals surface area contributed by atoms with Gasteiger partial charge in [0.05, 0.1) is 26.0 Å². The first-order valence-corrected chi connectivity index (χ1v) is 8.99. The molecule has 0 aliphatic heterocycles. The summed E-state index contributed by atoms with van der Waals surface area (Å²) in [6.07, 6.45) is 2.79. The van der Waals surface area contributed by atoms with Crippen LogP contribution in [0, 0.1) is 0 Å². The van der Waals surface area contributed by atoms with Crippen LogP contribution in [0.5, 0.6) is 17.2 Å². The third kappa shape index (κ3) is 4.95. The Morgan fingerprint density at radius 3 is 2.73 bits per heavy atom. The van der Waals surface area contributed by atoms with E-state index in [0.717, 1.165) is 0 Å². The molecule has 9 nitrogen and oxygen atoms in total. The highest BCUT2D eigenvalue weighted by Crippen LogP contribution is 2.29. The van der Waals surface area contributed by atoms with Crippen LogP contribution in [-0.4, -0.2) is 36.4 Å². The molecule has 0 radical (unpaired) electrons. The lowest BCUT2D eigenvalue weighted by Crippen LogP contribution is -2.09. The van der Waals surface area contributed by atoms with Crippen molar-refractivity contribution >= 4 is 35.3 Å². The van der Waals surface area contributed by atoms with Gasteiger partial charge in [-0.25, -0.2) is 14.8 Å². The molecule has 0 saturated heterocycles. The number of carbonyl (C=O) groups is 1. The van der Waals surface area contributed by atoms with Crippen LogP contribution in [0.25, 0.3) is 0 Å². The third-order valence-corrected chi connectivity index (χ3v) is 4.22. The number of hydrazone groups is 1. The van der Waals surface area contributed by atoms with Gasteiger partial charge in [-0.1, -0.05) is 17.7 Å². The van der Waals surface area contributed by atoms with Crippen LogP contribution in [0.4, 0.5) is 11.5 Å². The number of carbonyl (C=O) groups excluding carboxylic acids is 1. The number of hydrogen-bond acceptors (Lipinski definition) is 9. The molecule has 0 amide bonds. The lowest BCUT2D eigenvalue weighted by molar-refractivity contribution is 0.0729. The number of halogens is 1. The summed E-state index contributed by atoms with van der Waals surface area (Å²) in [4.78, 5) is 20.1. The lowest BCUT2D eigenvalue weighted by Gasteiger charge is -2.10. The Bertz CT molecular complexity index is 1090. The van der Waals surface area contributed by atoms with E-state index < -0.39 is 5.97 Å². The molecular formula is C20H18ClN5O4. The normalized spacial score (nSPS) is 10.6. The SMILES string of the molecule is COc1cccc(C(=O)Oc2ccc(/C=N\Nc3ncnc(Cl)c3N)cc2OC)c1. The Hall–Kier alpha value is -3.85. The zero-order valence-corrected chi connectivity index (χ0v) is 16.9. The molecule has 0 unspecified atom stereocenters. The van der Waals surface area contributed by atoms with E-state index in [-0.39, 0.29) is 22.4 Å². The number of hydrogen-bond donors (Lipinski definition) is 2. The average Bonchev–Trinajstić information content (AvgIpc) is 2.77. The fourth-order valence-electron chi connectivity index (χ4n) is 2.39. The van der Waals surface area contributed by atoms with Gasteiger partial charge in [0.2, 0.25) is 0 Å². The standard InChI is InChI=1S/C20H18ClN5O4/c1-28-14-5-3-4-13(9-14)20(27)30-15-7-6-12(8-16(15)29-2)10-25-26-19-17(22)18(21)23-11-24-19/h3-11H,22H2,1-2H3,(H,23,24,26)/b25-10-.